The first-order valence-electron chi connectivity index (χ1n) is 8.92. The normalized spacial score (nSPS) is 17.3. The van der Waals surface area contributed by atoms with Crippen molar-refractivity contribution < 1.29 is 9.53 Å². The molecule has 0 unspecified atom stereocenters. The summed E-state index contributed by atoms with van der Waals surface area (Å²) in [6.45, 7) is 6.30. The Bertz CT molecular complexity index is 1000. The van der Waals surface area contributed by atoms with Gasteiger partial charge < -0.3 is 15.4 Å². The fourth-order valence-electron chi connectivity index (χ4n) is 3.33. The number of aromatic nitrogens is 3. The van der Waals surface area contributed by atoms with Crippen molar-refractivity contribution in [1.82, 2.24) is 15.0 Å². The van der Waals surface area contributed by atoms with Crippen LogP contribution in [0.5, 0.6) is 0 Å². The van der Waals surface area contributed by atoms with Gasteiger partial charge in [-0.05, 0) is 38.1 Å². The van der Waals surface area contributed by atoms with Crippen LogP contribution in [0.2, 0.25) is 0 Å². The Labute approximate surface area is 157 Å². The van der Waals surface area contributed by atoms with Crippen LogP contribution >= 0.6 is 0 Å². The van der Waals surface area contributed by atoms with E-state index in [9.17, 15) is 4.79 Å². The number of morpholine rings is 1. The van der Waals surface area contributed by atoms with Crippen molar-refractivity contribution in [3.8, 4) is 11.4 Å². The predicted octanol–water partition coefficient (Wildman–Crippen LogP) is 2.32. The zero-order chi connectivity index (χ0) is 19.0. The van der Waals surface area contributed by atoms with Crippen molar-refractivity contribution in [3.05, 3.63) is 47.8 Å². The fourth-order valence-corrected chi connectivity index (χ4v) is 3.33. The maximum Gasteiger partial charge on any atom is 0.248 e. The molecule has 7 heteroatoms. The molecule has 0 spiro atoms. The van der Waals surface area contributed by atoms with E-state index in [1.54, 1.807) is 18.3 Å². The standard InChI is InChI=1S/C20H21N5O2/c1-12-11-27-8-7-25(12)18-6-4-15(10-22-18)20-23-13(2)16-5-3-14(19(21)26)9-17(16)24-20/h3-6,9-10,12H,7-8,11H2,1-2H3,(H2,21,26)/t12-/m1/s1. The molecule has 1 saturated heterocycles. The van der Waals surface area contributed by atoms with Crippen LogP contribution in [0.4, 0.5) is 5.82 Å². The maximum absolute atomic E-state index is 11.5. The zero-order valence-electron chi connectivity index (χ0n) is 15.3. The highest BCUT2D eigenvalue weighted by atomic mass is 16.5. The molecule has 1 amide bonds. The summed E-state index contributed by atoms with van der Waals surface area (Å²) in [4.78, 5) is 27.5. The lowest BCUT2D eigenvalue weighted by molar-refractivity contribution is 0.0985. The molecule has 27 heavy (non-hydrogen) atoms. The highest BCUT2D eigenvalue weighted by Crippen LogP contribution is 2.24. The summed E-state index contributed by atoms with van der Waals surface area (Å²) < 4.78 is 5.48. The molecule has 2 aromatic heterocycles. The van der Waals surface area contributed by atoms with Crippen LogP contribution in [0.25, 0.3) is 22.3 Å². The molecular formula is C20H21N5O2. The molecule has 7 nitrogen and oxygen atoms in total. The Morgan fingerprint density at radius 3 is 2.81 bits per heavy atom. The average molecular weight is 363 g/mol. The van der Waals surface area contributed by atoms with Crippen molar-refractivity contribution in [2.24, 2.45) is 5.73 Å². The molecule has 1 aliphatic rings. The van der Waals surface area contributed by atoms with Gasteiger partial charge >= 0.3 is 0 Å². The Balaban J connectivity index is 1.70. The molecule has 2 N–H and O–H groups in total. The number of fused-ring (bicyclic) bond motifs is 1. The number of pyridine rings is 1. The monoisotopic (exact) mass is 363 g/mol. The number of hydrogen-bond donors (Lipinski definition) is 1. The first kappa shape index (κ1) is 17.4. The van der Waals surface area contributed by atoms with E-state index in [0.717, 1.165) is 29.0 Å². The fraction of sp³-hybridized carbons (Fsp3) is 0.300. The average Bonchev–Trinajstić information content (AvgIpc) is 2.68. The Morgan fingerprint density at radius 1 is 1.26 bits per heavy atom. The third-order valence-electron chi connectivity index (χ3n) is 4.84. The van der Waals surface area contributed by atoms with Gasteiger partial charge in [-0.2, -0.15) is 0 Å². The summed E-state index contributed by atoms with van der Waals surface area (Å²) in [5.74, 6) is 1.03. The molecule has 1 fully saturated rings. The molecular weight excluding hydrogens is 342 g/mol. The lowest BCUT2D eigenvalue weighted by Crippen LogP contribution is -2.44. The highest BCUT2D eigenvalue weighted by Gasteiger charge is 2.20. The number of anilines is 1. The van der Waals surface area contributed by atoms with Crippen LogP contribution < -0.4 is 10.6 Å². The SMILES string of the molecule is Cc1nc(-c2ccc(N3CCOC[C@H]3C)nc2)nc2cc(C(N)=O)ccc12. The van der Waals surface area contributed by atoms with Gasteiger partial charge in [0.05, 0.1) is 24.8 Å². The molecule has 0 saturated carbocycles. The summed E-state index contributed by atoms with van der Waals surface area (Å²) in [6, 6.07) is 9.48. The van der Waals surface area contributed by atoms with Gasteiger partial charge in [-0.15, -0.1) is 0 Å². The van der Waals surface area contributed by atoms with Crippen LogP contribution in [0, 0.1) is 6.92 Å². The Kier molecular flexibility index (Phi) is 4.45. The third kappa shape index (κ3) is 3.33. The molecule has 1 aromatic carbocycles. The number of aryl methyl sites for hydroxylation is 1. The number of amides is 1. The van der Waals surface area contributed by atoms with Crippen LogP contribution in [-0.2, 0) is 4.74 Å². The number of nitrogens with two attached hydrogens (primary N) is 1. The van der Waals surface area contributed by atoms with E-state index < -0.39 is 5.91 Å². The largest absolute Gasteiger partial charge is 0.377 e. The van der Waals surface area contributed by atoms with Crippen molar-refractivity contribution >= 4 is 22.6 Å². The van der Waals surface area contributed by atoms with Gasteiger partial charge in [-0.25, -0.2) is 15.0 Å². The van der Waals surface area contributed by atoms with E-state index in [2.05, 4.69) is 26.8 Å². The minimum Gasteiger partial charge on any atom is -0.377 e. The Morgan fingerprint density at radius 2 is 2.11 bits per heavy atom. The van der Waals surface area contributed by atoms with E-state index in [4.69, 9.17) is 10.5 Å². The van der Waals surface area contributed by atoms with E-state index in [1.807, 2.05) is 25.1 Å². The van der Waals surface area contributed by atoms with E-state index in [-0.39, 0.29) is 0 Å². The number of carbonyl (C=O) groups is 1. The Hall–Kier alpha value is -3.06. The number of hydrogen-bond acceptors (Lipinski definition) is 6. The maximum atomic E-state index is 11.5. The van der Waals surface area contributed by atoms with E-state index in [1.165, 1.54) is 0 Å². The quantitative estimate of drug-likeness (QED) is 0.767. The van der Waals surface area contributed by atoms with Crippen molar-refractivity contribution in [2.45, 2.75) is 19.9 Å². The van der Waals surface area contributed by atoms with Gasteiger partial charge in [0.15, 0.2) is 5.82 Å². The molecule has 0 radical (unpaired) electrons. The van der Waals surface area contributed by atoms with Gasteiger partial charge in [-0.1, -0.05) is 6.07 Å². The predicted molar refractivity (Wildman–Crippen MR) is 104 cm³/mol. The summed E-state index contributed by atoms with van der Waals surface area (Å²) in [5, 5.41) is 0.899. The number of nitrogens with zero attached hydrogens (tertiary/aromatic N) is 4. The second-order valence-electron chi connectivity index (χ2n) is 6.75. The smallest absolute Gasteiger partial charge is 0.248 e. The number of ether oxygens (including phenoxy) is 1. The van der Waals surface area contributed by atoms with Gasteiger partial charge in [0.25, 0.3) is 0 Å². The molecule has 1 aliphatic heterocycles. The summed E-state index contributed by atoms with van der Waals surface area (Å²) in [5.41, 5.74) is 8.18. The minimum atomic E-state index is -0.472. The van der Waals surface area contributed by atoms with Crippen molar-refractivity contribution in [1.29, 1.82) is 0 Å². The molecule has 3 heterocycles. The number of rotatable bonds is 3. The number of carbonyl (C=O) groups excluding carboxylic acids is 1. The lowest BCUT2D eigenvalue weighted by atomic mass is 10.1. The van der Waals surface area contributed by atoms with Gasteiger partial charge in [-0.3, -0.25) is 4.79 Å². The van der Waals surface area contributed by atoms with Crippen LogP contribution in [0.1, 0.15) is 23.0 Å². The van der Waals surface area contributed by atoms with Crippen LogP contribution in [0.3, 0.4) is 0 Å². The van der Waals surface area contributed by atoms with Gasteiger partial charge in [0.2, 0.25) is 5.91 Å². The molecule has 138 valence electrons. The first-order valence-corrected chi connectivity index (χ1v) is 8.92. The summed E-state index contributed by atoms with van der Waals surface area (Å²) in [7, 11) is 0. The molecule has 0 bridgehead atoms. The minimum absolute atomic E-state index is 0.295. The topological polar surface area (TPSA) is 94.2 Å². The lowest BCUT2D eigenvalue weighted by Gasteiger charge is -2.34. The summed E-state index contributed by atoms with van der Waals surface area (Å²) >= 11 is 0. The number of primary amides is 1. The highest BCUT2D eigenvalue weighted by molar-refractivity contribution is 5.97. The molecule has 0 aliphatic carbocycles. The molecule has 4 rings (SSSR count). The summed E-state index contributed by atoms with van der Waals surface area (Å²) in [6.07, 6.45) is 1.79. The van der Waals surface area contributed by atoms with Crippen molar-refractivity contribution in [3.63, 3.8) is 0 Å². The van der Waals surface area contributed by atoms with Gasteiger partial charge in [0.1, 0.15) is 5.82 Å². The molecule has 1 atom stereocenters. The second-order valence-corrected chi connectivity index (χ2v) is 6.75. The van der Waals surface area contributed by atoms with Gasteiger partial charge in [0, 0.05) is 34.9 Å². The van der Waals surface area contributed by atoms with E-state index in [0.29, 0.717) is 36.2 Å². The molecule has 3 aromatic rings. The third-order valence-corrected chi connectivity index (χ3v) is 4.84. The first-order chi connectivity index (χ1) is 13.0. The zero-order valence-corrected chi connectivity index (χ0v) is 15.3. The second kappa shape index (κ2) is 6.92. The van der Waals surface area contributed by atoms with Crippen LogP contribution in [0.15, 0.2) is 36.5 Å². The van der Waals surface area contributed by atoms with E-state index >= 15 is 0 Å². The van der Waals surface area contributed by atoms with Crippen LogP contribution in [-0.4, -0.2) is 46.7 Å². The van der Waals surface area contributed by atoms with Crippen molar-refractivity contribution in [2.75, 3.05) is 24.7 Å². The number of benzene rings is 1.